The number of sulfonamides is 1. The summed E-state index contributed by atoms with van der Waals surface area (Å²) in [5.41, 5.74) is 5.28. The fourth-order valence-electron chi connectivity index (χ4n) is 2.13. The van der Waals surface area contributed by atoms with Gasteiger partial charge in [-0.15, -0.1) is 0 Å². The first-order valence-electron chi connectivity index (χ1n) is 5.60. The molecule has 2 rings (SSSR count). The van der Waals surface area contributed by atoms with E-state index in [-0.39, 0.29) is 21.1 Å². The summed E-state index contributed by atoms with van der Waals surface area (Å²) in [6, 6.07) is 2.22. The van der Waals surface area contributed by atoms with Gasteiger partial charge in [-0.1, -0.05) is 0 Å². The van der Waals surface area contributed by atoms with Crippen molar-refractivity contribution in [1.29, 1.82) is 0 Å². The maximum absolute atomic E-state index is 13.2. The Morgan fingerprint density at radius 1 is 1.50 bits per heavy atom. The number of hydrogen-bond acceptors (Lipinski definition) is 3. The van der Waals surface area contributed by atoms with Gasteiger partial charge in [0.05, 0.1) is 10.6 Å². The lowest BCUT2D eigenvalue weighted by atomic mass is 10.3. The first-order valence-corrected chi connectivity index (χ1v) is 7.83. The second-order valence-corrected chi connectivity index (χ2v) is 7.12. The Labute approximate surface area is 114 Å². The number of halogens is 2. The predicted octanol–water partition coefficient (Wildman–Crippen LogP) is 2.34. The summed E-state index contributed by atoms with van der Waals surface area (Å²) in [7, 11) is -3.62. The highest BCUT2D eigenvalue weighted by molar-refractivity contribution is 9.10. The largest absolute Gasteiger partial charge is 0.396 e. The average molecular weight is 337 g/mol. The summed E-state index contributed by atoms with van der Waals surface area (Å²) in [4.78, 5) is 0.0233. The molecule has 1 aliphatic rings. The molecule has 0 aliphatic carbocycles. The Hall–Kier alpha value is -0.660. The third kappa shape index (κ3) is 2.26. The van der Waals surface area contributed by atoms with Crippen LogP contribution in [0.3, 0.4) is 0 Å². The van der Waals surface area contributed by atoms with Crippen molar-refractivity contribution in [3.05, 3.63) is 22.4 Å². The second-order valence-electron chi connectivity index (χ2n) is 4.41. The van der Waals surface area contributed by atoms with Crippen molar-refractivity contribution in [2.45, 2.75) is 30.7 Å². The van der Waals surface area contributed by atoms with Gasteiger partial charge in [0.25, 0.3) is 0 Å². The number of hydrogen-bond donors (Lipinski definition) is 1. The molecule has 1 saturated heterocycles. The first-order chi connectivity index (χ1) is 8.34. The standard InChI is InChI=1S/C11H14BrFN2O2S/c1-7-3-2-4-15(7)18(16,17)11-6-10(14)9(13)5-8(11)12/h5-7H,2-4,14H2,1H3. The summed E-state index contributed by atoms with van der Waals surface area (Å²) >= 11 is 3.08. The Balaban J connectivity index is 2.51. The minimum atomic E-state index is -3.62. The molecule has 1 aromatic rings. The molecular formula is C11H14BrFN2O2S. The van der Waals surface area contributed by atoms with Gasteiger partial charge in [0, 0.05) is 17.1 Å². The smallest absolute Gasteiger partial charge is 0.244 e. The number of nitrogen functional groups attached to an aromatic ring is 1. The molecule has 0 spiro atoms. The van der Waals surface area contributed by atoms with Gasteiger partial charge in [-0.25, -0.2) is 12.8 Å². The Bertz CT molecular complexity index is 577. The molecule has 1 atom stereocenters. The normalized spacial score (nSPS) is 21.4. The molecule has 7 heteroatoms. The van der Waals surface area contributed by atoms with Crippen LogP contribution in [0.2, 0.25) is 0 Å². The van der Waals surface area contributed by atoms with Crippen LogP contribution >= 0.6 is 15.9 Å². The number of nitrogens with two attached hydrogens (primary N) is 1. The summed E-state index contributed by atoms with van der Waals surface area (Å²) < 4.78 is 39.8. The van der Waals surface area contributed by atoms with E-state index in [1.165, 1.54) is 10.4 Å². The van der Waals surface area contributed by atoms with Gasteiger partial charge in [0.2, 0.25) is 10.0 Å². The van der Waals surface area contributed by atoms with Crippen molar-refractivity contribution in [3.8, 4) is 0 Å². The van der Waals surface area contributed by atoms with Crippen molar-refractivity contribution < 1.29 is 12.8 Å². The van der Waals surface area contributed by atoms with E-state index >= 15 is 0 Å². The van der Waals surface area contributed by atoms with E-state index in [0.717, 1.165) is 18.9 Å². The van der Waals surface area contributed by atoms with Crippen LogP contribution < -0.4 is 5.73 Å². The number of rotatable bonds is 2. The molecule has 0 aromatic heterocycles. The Morgan fingerprint density at radius 3 is 2.72 bits per heavy atom. The highest BCUT2D eigenvalue weighted by atomic mass is 79.9. The monoisotopic (exact) mass is 336 g/mol. The molecule has 1 fully saturated rings. The van der Waals surface area contributed by atoms with Crippen molar-refractivity contribution in [1.82, 2.24) is 4.31 Å². The van der Waals surface area contributed by atoms with Gasteiger partial charge in [-0.2, -0.15) is 4.31 Å². The van der Waals surface area contributed by atoms with Crippen molar-refractivity contribution in [3.63, 3.8) is 0 Å². The van der Waals surface area contributed by atoms with Crippen LogP contribution in [0.4, 0.5) is 10.1 Å². The van der Waals surface area contributed by atoms with Crippen molar-refractivity contribution in [2.75, 3.05) is 12.3 Å². The number of anilines is 1. The highest BCUT2D eigenvalue weighted by Gasteiger charge is 2.34. The minimum Gasteiger partial charge on any atom is -0.396 e. The average Bonchev–Trinajstić information content (AvgIpc) is 2.70. The lowest BCUT2D eigenvalue weighted by molar-refractivity contribution is 0.408. The van der Waals surface area contributed by atoms with E-state index in [4.69, 9.17) is 5.73 Å². The first kappa shape index (κ1) is 13.8. The minimum absolute atomic E-state index is 0.0233. The van der Waals surface area contributed by atoms with Gasteiger partial charge in [0.1, 0.15) is 5.82 Å². The van der Waals surface area contributed by atoms with Gasteiger partial charge in [0.15, 0.2) is 0 Å². The zero-order valence-electron chi connectivity index (χ0n) is 9.86. The molecule has 1 aliphatic heterocycles. The molecule has 0 bridgehead atoms. The third-order valence-corrected chi connectivity index (χ3v) is 6.10. The summed E-state index contributed by atoms with van der Waals surface area (Å²) in [6.45, 7) is 2.36. The van der Waals surface area contributed by atoms with Crippen molar-refractivity contribution >= 4 is 31.6 Å². The van der Waals surface area contributed by atoms with E-state index in [9.17, 15) is 12.8 Å². The third-order valence-electron chi connectivity index (χ3n) is 3.13. The van der Waals surface area contributed by atoms with Crippen LogP contribution in [-0.4, -0.2) is 25.3 Å². The summed E-state index contributed by atoms with van der Waals surface area (Å²) in [6.07, 6.45) is 1.68. The highest BCUT2D eigenvalue weighted by Crippen LogP contribution is 2.32. The van der Waals surface area contributed by atoms with E-state index in [2.05, 4.69) is 15.9 Å². The number of nitrogens with zero attached hydrogens (tertiary/aromatic N) is 1. The van der Waals surface area contributed by atoms with Gasteiger partial charge < -0.3 is 5.73 Å². The molecule has 1 aromatic carbocycles. The Morgan fingerprint density at radius 2 is 2.17 bits per heavy atom. The molecule has 18 heavy (non-hydrogen) atoms. The fourth-order valence-corrected chi connectivity index (χ4v) is 4.84. The fraction of sp³-hybridized carbons (Fsp3) is 0.455. The lowest BCUT2D eigenvalue weighted by Crippen LogP contribution is -2.33. The second kappa shape index (κ2) is 4.79. The molecule has 1 heterocycles. The van der Waals surface area contributed by atoms with Crippen LogP contribution in [0.25, 0.3) is 0 Å². The summed E-state index contributed by atoms with van der Waals surface area (Å²) in [5, 5.41) is 0. The molecular weight excluding hydrogens is 323 g/mol. The van der Waals surface area contributed by atoms with Crippen LogP contribution in [-0.2, 0) is 10.0 Å². The van der Waals surface area contributed by atoms with Gasteiger partial charge in [-0.3, -0.25) is 0 Å². The lowest BCUT2D eigenvalue weighted by Gasteiger charge is -2.21. The molecule has 100 valence electrons. The molecule has 4 nitrogen and oxygen atoms in total. The van der Waals surface area contributed by atoms with E-state index in [1.54, 1.807) is 0 Å². The van der Waals surface area contributed by atoms with Crippen LogP contribution in [0, 0.1) is 5.82 Å². The topological polar surface area (TPSA) is 63.4 Å². The summed E-state index contributed by atoms with van der Waals surface area (Å²) in [5.74, 6) is -0.629. The Kier molecular flexibility index (Phi) is 3.66. The molecule has 0 radical (unpaired) electrons. The maximum atomic E-state index is 13.2. The van der Waals surface area contributed by atoms with E-state index in [0.29, 0.717) is 6.54 Å². The molecule has 2 N–H and O–H groups in total. The van der Waals surface area contributed by atoms with Crippen LogP contribution in [0.5, 0.6) is 0 Å². The number of benzene rings is 1. The van der Waals surface area contributed by atoms with E-state index < -0.39 is 15.8 Å². The zero-order chi connectivity index (χ0) is 13.5. The molecule has 0 saturated carbocycles. The van der Waals surface area contributed by atoms with E-state index in [1.807, 2.05) is 6.92 Å². The predicted molar refractivity (Wildman–Crippen MR) is 71.1 cm³/mol. The van der Waals surface area contributed by atoms with Gasteiger partial charge >= 0.3 is 0 Å². The SMILES string of the molecule is CC1CCCN1S(=O)(=O)c1cc(N)c(F)cc1Br. The van der Waals surface area contributed by atoms with Crippen LogP contribution in [0.15, 0.2) is 21.5 Å². The van der Waals surface area contributed by atoms with Gasteiger partial charge in [-0.05, 0) is 47.8 Å². The molecule has 0 amide bonds. The zero-order valence-corrected chi connectivity index (χ0v) is 12.3. The van der Waals surface area contributed by atoms with Crippen LogP contribution in [0.1, 0.15) is 19.8 Å². The van der Waals surface area contributed by atoms with Crippen molar-refractivity contribution in [2.24, 2.45) is 0 Å². The quantitative estimate of drug-likeness (QED) is 0.843. The molecule has 1 unspecified atom stereocenters. The maximum Gasteiger partial charge on any atom is 0.244 e.